The highest BCUT2D eigenvalue weighted by molar-refractivity contribution is 6.02. The molecule has 0 saturated carbocycles. The number of hydrogen-bond acceptors (Lipinski definition) is 3. The summed E-state index contributed by atoms with van der Waals surface area (Å²) in [6, 6.07) is 12.1. The summed E-state index contributed by atoms with van der Waals surface area (Å²) in [7, 11) is 0. The molecule has 120 valence electrons. The minimum atomic E-state index is 0.0771. The van der Waals surface area contributed by atoms with Gasteiger partial charge >= 0.3 is 0 Å². The van der Waals surface area contributed by atoms with Crippen LogP contribution in [0.1, 0.15) is 16.7 Å². The molecule has 0 fully saturated rings. The van der Waals surface area contributed by atoms with Crippen molar-refractivity contribution in [1.29, 1.82) is 0 Å². The van der Waals surface area contributed by atoms with Crippen molar-refractivity contribution in [2.45, 2.75) is 20.8 Å². The van der Waals surface area contributed by atoms with Crippen LogP contribution in [0.2, 0.25) is 0 Å². The van der Waals surface area contributed by atoms with Crippen LogP contribution in [0.15, 0.2) is 36.4 Å². The van der Waals surface area contributed by atoms with Gasteiger partial charge in [0.05, 0.1) is 24.5 Å². The molecule has 0 bridgehead atoms. The van der Waals surface area contributed by atoms with E-state index < -0.39 is 0 Å². The van der Waals surface area contributed by atoms with Gasteiger partial charge in [-0.15, -0.1) is 0 Å². The van der Waals surface area contributed by atoms with Crippen molar-refractivity contribution in [1.82, 2.24) is 0 Å². The fraction of sp³-hybridized carbons (Fsp3) is 0.316. The normalized spacial score (nSPS) is 13.5. The topological polar surface area (TPSA) is 41.6 Å². The van der Waals surface area contributed by atoms with Gasteiger partial charge in [0.25, 0.3) is 0 Å². The van der Waals surface area contributed by atoms with Gasteiger partial charge in [-0.2, -0.15) is 0 Å². The molecule has 2 aromatic rings. The van der Waals surface area contributed by atoms with Crippen LogP contribution in [-0.4, -0.2) is 25.6 Å². The SMILES string of the molecule is Cc1ccc(OCCN2C(=O)CNc3cc(C)c(C)cc32)cc1. The lowest BCUT2D eigenvalue weighted by atomic mass is 10.1. The van der Waals surface area contributed by atoms with Gasteiger partial charge in [-0.1, -0.05) is 17.7 Å². The van der Waals surface area contributed by atoms with Crippen molar-refractivity contribution in [2.24, 2.45) is 0 Å². The molecule has 0 aliphatic carbocycles. The average Bonchev–Trinajstić information content (AvgIpc) is 2.53. The highest BCUT2D eigenvalue weighted by Gasteiger charge is 2.24. The van der Waals surface area contributed by atoms with E-state index in [0.29, 0.717) is 19.7 Å². The summed E-state index contributed by atoms with van der Waals surface area (Å²) >= 11 is 0. The van der Waals surface area contributed by atoms with E-state index in [-0.39, 0.29) is 5.91 Å². The predicted molar refractivity (Wildman–Crippen MR) is 93.4 cm³/mol. The van der Waals surface area contributed by atoms with Gasteiger partial charge in [-0.3, -0.25) is 4.79 Å². The number of amides is 1. The minimum Gasteiger partial charge on any atom is -0.492 e. The maximum Gasteiger partial charge on any atom is 0.246 e. The maximum absolute atomic E-state index is 12.2. The number of nitrogens with one attached hydrogen (secondary N) is 1. The lowest BCUT2D eigenvalue weighted by Crippen LogP contribution is -2.42. The van der Waals surface area contributed by atoms with Crippen molar-refractivity contribution in [2.75, 3.05) is 29.9 Å². The maximum atomic E-state index is 12.2. The van der Waals surface area contributed by atoms with Crippen molar-refractivity contribution in [3.8, 4) is 5.75 Å². The van der Waals surface area contributed by atoms with E-state index in [2.05, 4.69) is 31.3 Å². The van der Waals surface area contributed by atoms with Gasteiger partial charge in [-0.05, 0) is 56.2 Å². The lowest BCUT2D eigenvalue weighted by Gasteiger charge is -2.31. The van der Waals surface area contributed by atoms with Crippen LogP contribution in [0, 0.1) is 20.8 Å². The first-order valence-electron chi connectivity index (χ1n) is 7.89. The van der Waals surface area contributed by atoms with Gasteiger partial charge in [0.15, 0.2) is 0 Å². The van der Waals surface area contributed by atoms with Gasteiger partial charge in [-0.25, -0.2) is 0 Å². The highest BCUT2D eigenvalue weighted by Crippen LogP contribution is 2.32. The van der Waals surface area contributed by atoms with Crippen LogP contribution < -0.4 is 15.0 Å². The molecule has 0 saturated heterocycles. The Labute approximate surface area is 137 Å². The molecule has 0 radical (unpaired) electrons. The number of anilines is 2. The molecule has 1 N–H and O–H groups in total. The summed E-state index contributed by atoms with van der Waals surface area (Å²) in [5.74, 6) is 0.909. The Morgan fingerprint density at radius 2 is 1.78 bits per heavy atom. The molecule has 4 heteroatoms. The Kier molecular flexibility index (Phi) is 4.24. The first kappa shape index (κ1) is 15.4. The molecule has 0 atom stereocenters. The fourth-order valence-electron chi connectivity index (χ4n) is 2.70. The van der Waals surface area contributed by atoms with Crippen LogP contribution >= 0.6 is 0 Å². The monoisotopic (exact) mass is 310 g/mol. The summed E-state index contributed by atoms with van der Waals surface area (Å²) in [6.07, 6.45) is 0. The molecule has 0 aromatic heterocycles. The summed E-state index contributed by atoms with van der Waals surface area (Å²) in [6.45, 7) is 7.55. The molecule has 1 aliphatic heterocycles. The second kappa shape index (κ2) is 6.32. The Bertz CT molecular complexity index is 723. The average molecular weight is 310 g/mol. The summed E-state index contributed by atoms with van der Waals surface area (Å²) in [5.41, 5.74) is 5.57. The molecular formula is C19H22N2O2. The van der Waals surface area contributed by atoms with E-state index in [1.807, 2.05) is 36.1 Å². The smallest absolute Gasteiger partial charge is 0.246 e. The number of aryl methyl sites for hydroxylation is 3. The van der Waals surface area contributed by atoms with E-state index in [1.54, 1.807) is 0 Å². The quantitative estimate of drug-likeness (QED) is 0.940. The van der Waals surface area contributed by atoms with Crippen molar-refractivity contribution < 1.29 is 9.53 Å². The molecule has 0 unspecified atom stereocenters. The van der Waals surface area contributed by atoms with E-state index >= 15 is 0 Å². The number of rotatable bonds is 4. The number of hydrogen-bond donors (Lipinski definition) is 1. The summed E-state index contributed by atoms with van der Waals surface area (Å²) in [4.78, 5) is 14.1. The first-order chi connectivity index (χ1) is 11.0. The number of fused-ring (bicyclic) bond motifs is 1. The van der Waals surface area contributed by atoms with Crippen molar-refractivity contribution >= 4 is 17.3 Å². The molecule has 1 aliphatic rings. The van der Waals surface area contributed by atoms with Gasteiger partial charge in [0.1, 0.15) is 12.4 Å². The zero-order valence-corrected chi connectivity index (χ0v) is 13.8. The molecule has 2 aromatic carbocycles. The van der Waals surface area contributed by atoms with Crippen LogP contribution in [0.5, 0.6) is 5.75 Å². The van der Waals surface area contributed by atoms with E-state index in [1.165, 1.54) is 16.7 Å². The van der Waals surface area contributed by atoms with Crippen LogP contribution in [-0.2, 0) is 4.79 Å². The number of benzene rings is 2. The zero-order chi connectivity index (χ0) is 16.4. The molecule has 23 heavy (non-hydrogen) atoms. The van der Waals surface area contributed by atoms with Crippen LogP contribution in [0.4, 0.5) is 11.4 Å². The van der Waals surface area contributed by atoms with E-state index in [0.717, 1.165) is 17.1 Å². The summed E-state index contributed by atoms with van der Waals surface area (Å²) in [5, 5.41) is 3.19. The second-order valence-corrected chi connectivity index (χ2v) is 6.01. The largest absolute Gasteiger partial charge is 0.492 e. The number of carbonyl (C=O) groups excluding carboxylic acids is 1. The van der Waals surface area contributed by atoms with Crippen molar-refractivity contribution in [3.05, 3.63) is 53.1 Å². The van der Waals surface area contributed by atoms with Crippen LogP contribution in [0.25, 0.3) is 0 Å². The second-order valence-electron chi connectivity index (χ2n) is 6.01. The molecule has 3 rings (SSSR count). The van der Waals surface area contributed by atoms with Crippen molar-refractivity contribution in [3.63, 3.8) is 0 Å². The standard InChI is InChI=1S/C19H22N2O2/c1-13-4-6-16(7-5-13)23-9-8-21-18-11-15(3)14(2)10-17(18)20-12-19(21)22/h4-7,10-11,20H,8-9,12H2,1-3H3. The zero-order valence-electron chi connectivity index (χ0n) is 13.8. The number of carbonyl (C=O) groups is 1. The molecular weight excluding hydrogens is 288 g/mol. The van der Waals surface area contributed by atoms with Gasteiger partial charge < -0.3 is 15.0 Å². The Morgan fingerprint density at radius 3 is 2.52 bits per heavy atom. The van der Waals surface area contributed by atoms with Gasteiger partial charge in [0.2, 0.25) is 5.91 Å². The van der Waals surface area contributed by atoms with E-state index in [9.17, 15) is 4.79 Å². The Morgan fingerprint density at radius 1 is 1.09 bits per heavy atom. The Balaban J connectivity index is 1.71. The summed E-state index contributed by atoms with van der Waals surface area (Å²) < 4.78 is 5.77. The van der Waals surface area contributed by atoms with Gasteiger partial charge in [0, 0.05) is 0 Å². The van der Waals surface area contributed by atoms with E-state index in [4.69, 9.17) is 4.74 Å². The molecule has 0 spiro atoms. The Hall–Kier alpha value is -2.49. The lowest BCUT2D eigenvalue weighted by molar-refractivity contribution is -0.117. The fourth-order valence-corrected chi connectivity index (χ4v) is 2.70. The number of nitrogens with zero attached hydrogens (tertiary/aromatic N) is 1. The third-order valence-corrected chi connectivity index (χ3v) is 4.24. The highest BCUT2D eigenvalue weighted by atomic mass is 16.5. The van der Waals surface area contributed by atoms with Crippen LogP contribution in [0.3, 0.4) is 0 Å². The third kappa shape index (κ3) is 3.31. The third-order valence-electron chi connectivity index (χ3n) is 4.24. The molecule has 1 amide bonds. The first-order valence-corrected chi connectivity index (χ1v) is 7.89. The number of ether oxygens (including phenoxy) is 1. The molecule has 1 heterocycles. The predicted octanol–water partition coefficient (Wildman–Crippen LogP) is 3.45. The minimum absolute atomic E-state index is 0.0771. The molecule has 4 nitrogen and oxygen atoms in total.